The molecule has 0 radical (unpaired) electrons. The van der Waals surface area contributed by atoms with Gasteiger partial charge >= 0.3 is 0 Å². The topological polar surface area (TPSA) is 69.4 Å². The van der Waals surface area contributed by atoms with Crippen LogP contribution in [0.5, 0.6) is 0 Å². The summed E-state index contributed by atoms with van der Waals surface area (Å²) in [4.78, 5) is 25.0. The van der Waals surface area contributed by atoms with Crippen molar-refractivity contribution >= 4 is 5.78 Å². The fraction of sp³-hybridized carbons (Fsp3) is 0.222. The summed E-state index contributed by atoms with van der Waals surface area (Å²) >= 11 is 0. The van der Waals surface area contributed by atoms with Crippen LogP contribution in [-0.4, -0.2) is 10.9 Å². The second-order valence-electron chi connectivity index (χ2n) is 2.75. The van der Waals surface area contributed by atoms with E-state index in [9.17, 15) is 14.9 Å². The molecule has 0 aliphatic carbocycles. The molecular weight excluding hydrogens is 186 g/mol. The van der Waals surface area contributed by atoms with Gasteiger partial charge in [0, 0.05) is 5.56 Å². The fourth-order valence-corrected chi connectivity index (χ4v) is 1.01. The summed E-state index contributed by atoms with van der Waals surface area (Å²) in [5, 5.41) is 9.05. The molecule has 0 spiro atoms. The van der Waals surface area contributed by atoms with Crippen LogP contribution < -0.4 is 0 Å². The van der Waals surface area contributed by atoms with Crippen molar-refractivity contribution in [1.82, 2.24) is 0 Å². The fourth-order valence-electron chi connectivity index (χ4n) is 1.01. The SMILES string of the molecule is CC(=O)c1cccc(CO[N+](=O)[O-])c1. The molecule has 5 heteroatoms. The molecular formula is C9H9NO4. The minimum Gasteiger partial charge on any atom is -0.309 e. The van der Waals surface area contributed by atoms with E-state index in [0.29, 0.717) is 11.1 Å². The highest BCUT2D eigenvalue weighted by Gasteiger charge is 2.01. The molecule has 0 saturated carbocycles. The van der Waals surface area contributed by atoms with Crippen molar-refractivity contribution in [1.29, 1.82) is 0 Å². The highest BCUT2D eigenvalue weighted by molar-refractivity contribution is 5.94. The lowest BCUT2D eigenvalue weighted by Crippen LogP contribution is -2.01. The number of benzene rings is 1. The Morgan fingerprint density at radius 3 is 2.86 bits per heavy atom. The molecule has 1 rings (SSSR count). The van der Waals surface area contributed by atoms with Gasteiger partial charge in [0.05, 0.1) is 0 Å². The van der Waals surface area contributed by atoms with Crippen molar-refractivity contribution in [3.63, 3.8) is 0 Å². The lowest BCUT2D eigenvalue weighted by atomic mass is 10.1. The van der Waals surface area contributed by atoms with E-state index in [2.05, 4.69) is 4.84 Å². The van der Waals surface area contributed by atoms with Gasteiger partial charge in [0.1, 0.15) is 6.61 Å². The Balaban J connectivity index is 2.73. The number of ketones is 1. The maximum Gasteiger partial charge on any atom is 0.294 e. The summed E-state index contributed by atoms with van der Waals surface area (Å²) in [5.74, 6) is -0.0760. The zero-order valence-electron chi connectivity index (χ0n) is 7.60. The molecule has 14 heavy (non-hydrogen) atoms. The van der Waals surface area contributed by atoms with Crippen LogP contribution in [0.4, 0.5) is 0 Å². The lowest BCUT2D eigenvalue weighted by Gasteiger charge is -2.01. The maximum absolute atomic E-state index is 11.0. The average Bonchev–Trinajstić information content (AvgIpc) is 2.15. The van der Waals surface area contributed by atoms with Crippen molar-refractivity contribution < 1.29 is 14.7 Å². The van der Waals surface area contributed by atoms with E-state index in [1.807, 2.05) is 0 Å². The normalized spacial score (nSPS) is 9.50. The van der Waals surface area contributed by atoms with Gasteiger partial charge in [-0.25, -0.2) is 0 Å². The van der Waals surface area contributed by atoms with Crippen LogP contribution >= 0.6 is 0 Å². The molecule has 74 valence electrons. The third-order valence-electron chi connectivity index (χ3n) is 1.67. The Kier molecular flexibility index (Phi) is 3.17. The highest BCUT2D eigenvalue weighted by atomic mass is 16.9. The van der Waals surface area contributed by atoms with Gasteiger partial charge in [0.15, 0.2) is 5.78 Å². The first-order valence-electron chi connectivity index (χ1n) is 3.97. The third-order valence-corrected chi connectivity index (χ3v) is 1.67. The maximum atomic E-state index is 11.0. The first kappa shape index (κ1) is 10.2. The summed E-state index contributed by atoms with van der Waals surface area (Å²) in [6.07, 6.45) is 0. The van der Waals surface area contributed by atoms with E-state index in [1.54, 1.807) is 24.3 Å². The summed E-state index contributed by atoms with van der Waals surface area (Å²) in [7, 11) is 0. The van der Waals surface area contributed by atoms with Gasteiger partial charge in [-0.15, -0.1) is 10.1 Å². The van der Waals surface area contributed by atoms with Crippen molar-refractivity contribution in [3.8, 4) is 0 Å². The summed E-state index contributed by atoms with van der Waals surface area (Å²) in [6, 6.07) is 6.55. The van der Waals surface area contributed by atoms with Gasteiger partial charge in [0.2, 0.25) is 0 Å². The molecule has 0 aliphatic heterocycles. The molecule has 0 amide bonds. The Labute approximate surface area is 80.4 Å². The molecule has 0 N–H and O–H groups in total. The van der Waals surface area contributed by atoms with Gasteiger partial charge in [-0.05, 0) is 18.6 Å². The first-order valence-corrected chi connectivity index (χ1v) is 3.97. The van der Waals surface area contributed by atoms with E-state index < -0.39 is 5.09 Å². The number of nitrogens with zero attached hydrogens (tertiary/aromatic N) is 1. The lowest BCUT2D eigenvalue weighted by molar-refractivity contribution is -0.763. The number of hydrogen-bond donors (Lipinski definition) is 0. The largest absolute Gasteiger partial charge is 0.309 e. The summed E-state index contributed by atoms with van der Waals surface area (Å²) in [6.45, 7) is 1.31. The van der Waals surface area contributed by atoms with E-state index in [4.69, 9.17) is 0 Å². The molecule has 0 unspecified atom stereocenters. The minimum absolute atomic E-state index is 0.0760. The van der Waals surface area contributed by atoms with E-state index in [-0.39, 0.29) is 12.4 Å². The molecule has 1 aromatic carbocycles. The quantitative estimate of drug-likeness (QED) is 0.415. The third kappa shape index (κ3) is 2.85. The zero-order chi connectivity index (χ0) is 10.6. The Bertz CT molecular complexity index is 362. The van der Waals surface area contributed by atoms with Crippen LogP contribution in [-0.2, 0) is 11.4 Å². The predicted molar refractivity (Wildman–Crippen MR) is 48.2 cm³/mol. The Hall–Kier alpha value is -1.91. The van der Waals surface area contributed by atoms with Gasteiger partial charge < -0.3 is 4.84 Å². The number of rotatable bonds is 4. The van der Waals surface area contributed by atoms with Gasteiger partial charge in [-0.2, -0.15) is 0 Å². The smallest absolute Gasteiger partial charge is 0.294 e. The molecule has 0 bridgehead atoms. The highest BCUT2D eigenvalue weighted by Crippen LogP contribution is 2.07. The number of carbonyl (C=O) groups is 1. The van der Waals surface area contributed by atoms with Crippen molar-refractivity contribution in [3.05, 3.63) is 45.5 Å². The molecule has 1 aromatic rings. The number of carbonyl (C=O) groups excluding carboxylic acids is 1. The monoisotopic (exact) mass is 195 g/mol. The number of Topliss-reactive ketones (excluding diaryl/α,β-unsaturated/α-hetero) is 1. The van der Waals surface area contributed by atoms with Crippen molar-refractivity contribution in [2.75, 3.05) is 0 Å². The van der Waals surface area contributed by atoms with Crippen LogP contribution in [0.1, 0.15) is 22.8 Å². The summed E-state index contributed by atoms with van der Waals surface area (Å²) in [5.41, 5.74) is 1.13. The van der Waals surface area contributed by atoms with Crippen molar-refractivity contribution in [2.24, 2.45) is 0 Å². The summed E-state index contributed by atoms with van der Waals surface area (Å²) < 4.78 is 0. The van der Waals surface area contributed by atoms with Crippen LogP contribution in [0.15, 0.2) is 24.3 Å². The zero-order valence-corrected chi connectivity index (χ0v) is 7.60. The molecule has 0 saturated heterocycles. The van der Waals surface area contributed by atoms with Crippen LogP contribution in [0.3, 0.4) is 0 Å². The molecule has 0 aliphatic rings. The second kappa shape index (κ2) is 4.36. The Morgan fingerprint density at radius 1 is 1.57 bits per heavy atom. The molecule has 5 nitrogen and oxygen atoms in total. The van der Waals surface area contributed by atoms with Crippen molar-refractivity contribution in [2.45, 2.75) is 13.5 Å². The first-order chi connectivity index (χ1) is 6.59. The van der Waals surface area contributed by atoms with E-state index in [0.717, 1.165) is 0 Å². The van der Waals surface area contributed by atoms with Crippen LogP contribution in [0, 0.1) is 10.1 Å². The molecule has 0 aromatic heterocycles. The minimum atomic E-state index is -0.861. The standard InChI is InChI=1S/C9H9NO4/c1-7(11)9-4-2-3-8(5-9)6-14-10(12)13/h2-5H,6H2,1H3. The van der Waals surface area contributed by atoms with Gasteiger partial charge in [0.25, 0.3) is 5.09 Å². The molecule has 0 fully saturated rings. The Morgan fingerprint density at radius 2 is 2.29 bits per heavy atom. The van der Waals surface area contributed by atoms with Gasteiger partial charge in [-0.3, -0.25) is 4.79 Å². The van der Waals surface area contributed by atoms with Gasteiger partial charge in [-0.1, -0.05) is 18.2 Å². The average molecular weight is 195 g/mol. The van der Waals surface area contributed by atoms with Crippen LogP contribution in [0.2, 0.25) is 0 Å². The van der Waals surface area contributed by atoms with E-state index in [1.165, 1.54) is 6.92 Å². The van der Waals surface area contributed by atoms with E-state index >= 15 is 0 Å². The van der Waals surface area contributed by atoms with Crippen LogP contribution in [0.25, 0.3) is 0 Å². The number of hydrogen-bond acceptors (Lipinski definition) is 4. The molecule has 0 atom stereocenters. The predicted octanol–water partition coefficient (Wildman–Crippen LogP) is 1.60. The second-order valence-corrected chi connectivity index (χ2v) is 2.75. The molecule has 0 heterocycles.